The van der Waals surface area contributed by atoms with Crippen LogP contribution < -0.4 is 4.90 Å². The van der Waals surface area contributed by atoms with Gasteiger partial charge in [0.1, 0.15) is 0 Å². The van der Waals surface area contributed by atoms with Gasteiger partial charge in [-0.1, -0.05) is 32.0 Å². The fourth-order valence-electron chi connectivity index (χ4n) is 2.74. The monoisotopic (exact) mass is 233 g/mol. The highest BCUT2D eigenvalue weighted by molar-refractivity contribution is 5.56. The molecule has 2 nitrogen and oxygen atoms in total. The lowest BCUT2D eigenvalue weighted by molar-refractivity contribution is 0.240. The first-order chi connectivity index (χ1) is 8.24. The van der Waals surface area contributed by atoms with Gasteiger partial charge in [-0.25, -0.2) is 0 Å². The van der Waals surface area contributed by atoms with Crippen LogP contribution in [-0.4, -0.2) is 24.3 Å². The van der Waals surface area contributed by atoms with Crippen LogP contribution in [0.4, 0.5) is 5.69 Å². The Balaban J connectivity index is 2.31. The van der Waals surface area contributed by atoms with Crippen LogP contribution in [0.2, 0.25) is 0 Å². The molecule has 0 bridgehead atoms. The van der Waals surface area contributed by atoms with Crippen LogP contribution in [-0.2, 0) is 0 Å². The second kappa shape index (κ2) is 5.54. The number of nitrogens with zero attached hydrogens (tertiary/aromatic N) is 1. The lowest BCUT2D eigenvalue weighted by atomic mass is 9.96. The van der Waals surface area contributed by atoms with E-state index < -0.39 is 0 Å². The highest BCUT2D eigenvalue weighted by Crippen LogP contribution is 2.31. The summed E-state index contributed by atoms with van der Waals surface area (Å²) in [5.41, 5.74) is 2.72. The molecule has 1 N–H and O–H groups in total. The minimum atomic E-state index is 0.270. The molecule has 1 atom stereocenters. The molecule has 2 heteroatoms. The zero-order valence-electron chi connectivity index (χ0n) is 10.9. The van der Waals surface area contributed by atoms with Crippen molar-refractivity contribution in [1.29, 1.82) is 0 Å². The van der Waals surface area contributed by atoms with Crippen LogP contribution in [0.3, 0.4) is 0 Å². The van der Waals surface area contributed by atoms with Crippen molar-refractivity contribution in [2.24, 2.45) is 0 Å². The van der Waals surface area contributed by atoms with E-state index in [4.69, 9.17) is 0 Å². The van der Waals surface area contributed by atoms with Crippen molar-refractivity contribution in [3.63, 3.8) is 0 Å². The molecule has 1 saturated heterocycles. The molecule has 2 rings (SSSR count). The molecule has 0 amide bonds. The van der Waals surface area contributed by atoms with E-state index in [1.54, 1.807) is 0 Å². The SMILES string of the molecule is CC(C)c1ccccc1N1CCCCC1CO. The summed E-state index contributed by atoms with van der Waals surface area (Å²) in [6, 6.07) is 8.93. The number of rotatable bonds is 3. The van der Waals surface area contributed by atoms with Crippen LogP contribution >= 0.6 is 0 Å². The number of piperidine rings is 1. The summed E-state index contributed by atoms with van der Waals surface area (Å²) in [6.07, 6.45) is 3.59. The first kappa shape index (κ1) is 12.4. The van der Waals surface area contributed by atoms with Crippen LogP contribution in [0.25, 0.3) is 0 Å². The van der Waals surface area contributed by atoms with Gasteiger partial charge < -0.3 is 10.0 Å². The van der Waals surface area contributed by atoms with Gasteiger partial charge in [-0.15, -0.1) is 0 Å². The Morgan fingerprint density at radius 2 is 2.06 bits per heavy atom. The molecule has 94 valence electrons. The predicted octanol–water partition coefficient (Wildman–Crippen LogP) is 3.16. The molecule has 1 heterocycles. The van der Waals surface area contributed by atoms with Gasteiger partial charge in [0.15, 0.2) is 0 Å². The maximum atomic E-state index is 9.51. The minimum Gasteiger partial charge on any atom is -0.394 e. The van der Waals surface area contributed by atoms with E-state index in [9.17, 15) is 5.11 Å². The summed E-state index contributed by atoms with van der Waals surface area (Å²) in [4.78, 5) is 2.40. The zero-order valence-corrected chi connectivity index (χ0v) is 10.9. The Morgan fingerprint density at radius 1 is 1.29 bits per heavy atom. The number of aliphatic hydroxyl groups excluding tert-OH is 1. The van der Waals surface area contributed by atoms with Crippen LogP contribution in [0.5, 0.6) is 0 Å². The largest absolute Gasteiger partial charge is 0.394 e. The second-order valence-electron chi connectivity index (χ2n) is 5.24. The van der Waals surface area contributed by atoms with E-state index >= 15 is 0 Å². The topological polar surface area (TPSA) is 23.5 Å². The molecule has 17 heavy (non-hydrogen) atoms. The quantitative estimate of drug-likeness (QED) is 0.867. The molecule has 1 aliphatic rings. The molecule has 1 unspecified atom stereocenters. The summed E-state index contributed by atoms with van der Waals surface area (Å²) in [6.45, 7) is 5.81. The number of anilines is 1. The average molecular weight is 233 g/mol. The van der Waals surface area contributed by atoms with E-state index in [1.807, 2.05) is 0 Å². The number of para-hydroxylation sites is 1. The number of benzene rings is 1. The van der Waals surface area contributed by atoms with E-state index in [0.717, 1.165) is 13.0 Å². The number of aliphatic hydroxyl groups is 1. The number of hydrogen-bond acceptors (Lipinski definition) is 2. The van der Waals surface area contributed by atoms with Gasteiger partial charge in [0.25, 0.3) is 0 Å². The molecule has 1 aromatic carbocycles. The molecular formula is C15H23NO. The molecule has 0 saturated carbocycles. The van der Waals surface area contributed by atoms with Gasteiger partial charge in [-0.2, -0.15) is 0 Å². The molecule has 0 spiro atoms. The van der Waals surface area contributed by atoms with Crippen LogP contribution in [0.1, 0.15) is 44.6 Å². The van der Waals surface area contributed by atoms with Crippen molar-refractivity contribution in [3.8, 4) is 0 Å². The Labute approximate surface area is 104 Å². The summed E-state index contributed by atoms with van der Waals surface area (Å²) < 4.78 is 0. The van der Waals surface area contributed by atoms with Gasteiger partial charge in [0.05, 0.1) is 12.6 Å². The molecular weight excluding hydrogens is 210 g/mol. The highest BCUT2D eigenvalue weighted by Gasteiger charge is 2.23. The molecule has 1 aliphatic heterocycles. The fraction of sp³-hybridized carbons (Fsp3) is 0.600. The molecule has 0 aromatic heterocycles. The smallest absolute Gasteiger partial charge is 0.0635 e. The summed E-state index contributed by atoms with van der Waals surface area (Å²) in [5, 5.41) is 9.51. The standard InChI is InChI=1S/C15H23NO/c1-12(2)14-8-3-4-9-15(14)16-10-6-5-7-13(16)11-17/h3-4,8-9,12-13,17H,5-7,10-11H2,1-2H3. The summed E-state index contributed by atoms with van der Waals surface area (Å²) in [5.74, 6) is 0.535. The first-order valence-electron chi connectivity index (χ1n) is 6.70. The zero-order chi connectivity index (χ0) is 12.3. The van der Waals surface area contributed by atoms with Gasteiger partial charge in [-0.3, -0.25) is 0 Å². The van der Waals surface area contributed by atoms with Crippen molar-refractivity contribution in [1.82, 2.24) is 0 Å². The molecule has 0 radical (unpaired) electrons. The van der Waals surface area contributed by atoms with E-state index in [-0.39, 0.29) is 6.61 Å². The Bertz CT molecular complexity index is 362. The number of hydrogen-bond donors (Lipinski definition) is 1. The van der Waals surface area contributed by atoms with Crippen molar-refractivity contribution in [2.45, 2.75) is 45.1 Å². The molecule has 0 aliphatic carbocycles. The Kier molecular flexibility index (Phi) is 4.06. The normalized spacial score (nSPS) is 20.9. The first-order valence-corrected chi connectivity index (χ1v) is 6.70. The Hall–Kier alpha value is -1.02. The lowest BCUT2D eigenvalue weighted by Crippen LogP contribution is -2.42. The van der Waals surface area contributed by atoms with Gasteiger partial charge in [0, 0.05) is 12.2 Å². The maximum absolute atomic E-state index is 9.51. The molecule has 1 aromatic rings. The van der Waals surface area contributed by atoms with Crippen LogP contribution in [0.15, 0.2) is 24.3 Å². The van der Waals surface area contributed by atoms with E-state index in [1.165, 1.54) is 24.1 Å². The third-order valence-corrected chi connectivity index (χ3v) is 3.71. The lowest BCUT2D eigenvalue weighted by Gasteiger charge is -2.38. The van der Waals surface area contributed by atoms with Crippen molar-refractivity contribution in [2.75, 3.05) is 18.1 Å². The van der Waals surface area contributed by atoms with Crippen molar-refractivity contribution < 1.29 is 5.11 Å². The summed E-state index contributed by atoms with van der Waals surface area (Å²) >= 11 is 0. The van der Waals surface area contributed by atoms with E-state index in [2.05, 4.69) is 43.0 Å². The van der Waals surface area contributed by atoms with Crippen molar-refractivity contribution >= 4 is 5.69 Å². The van der Waals surface area contributed by atoms with E-state index in [0.29, 0.717) is 12.0 Å². The highest BCUT2D eigenvalue weighted by atomic mass is 16.3. The minimum absolute atomic E-state index is 0.270. The third-order valence-electron chi connectivity index (χ3n) is 3.71. The van der Waals surface area contributed by atoms with Crippen LogP contribution in [0, 0.1) is 0 Å². The van der Waals surface area contributed by atoms with Crippen molar-refractivity contribution in [3.05, 3.63) is 29.8 Å². The van der Waals surface area contributed by atoms with Gasteiger partial charge >= 0.3 is 0 Å². The Morgan fingerprint density at radius 3 is 2.76 bits per heavy atom. The maximum Gasteiger partial charge on any atom is 0.0635 e. The summed E-state index contributed by atoms with van der Waals surface area (Å²) in [7, 11) is 0. The average Bonchev–Trinajstić information content (AvgIpc) is 2.38. The van der Waals surface area contributed by atoms with Gasteiger partial charge in [-0.05, 0) is 36.8 Å². The predicted molar refractivity (Wildman–Crippen MR) is 72.6 cm³/mol. The van der Waals surface area contributed by atoms with Gasteiger partial charge in [0.2, 0.25) is 0 Å². The third kappa shape index (κ3) is 2.63. The fourth-order valence-corrected chi connectivity index (χ4v) is 2.74. The second-order valence-corrected chi connectivity index (χ2v) is 5.24. The molecule has 1 fully saturated rings.